The first-order chi connectivity index (χ1) is 9.86. The van der Waals surface area contributed by atoms with Gasteiger partial charge in [0.15, 0.2) is 0 Å². The molecule has 3 heteroatoms. The van der Waals surface area contributed by atoms with Crippen LogP contribution in [0, 0.1) is 5.92 Å². The maximum absolute atomic E-state index is 5.71. The van der Waals surface area contributed by atoms with Gasteiger partial charge in [-0.1, -0.05) is 31.2 Å². The zero-order valence-electron chi connectivity index (χ0n) is 12.5. The normalized spacial score (nSPS) is 26.6. The van der Waals surface area contributed by atoms with Gasteiger partial charge in [0.1, 0.15) is 0 Å². The molecule has 1 N–H and O–H groups in total. The summed E-state index contributed by atoms with van der Waals surface area (Å²) in [5.74, 6) is 0.629. The number of nitrogens with zero attached hydrogens (tertiary/aromatic N) is 1. The average Bonchev–Trinajstić information content (AvgIpc) is 2.88. The van der Waals surface area contributed by atoms with Gasteiger partial charge >= 0.3 is 0 Å². The molecule has 2 aliphatic heterocycles. The molecule has 0 aliphatic carbocycles. The Labute approximate surface area is 122 Å². The van der Waals surface area contributed by atoms with Crippen LogP contribution < -0.4 is 5.32 Å². The topological polar surface area (TPSA) is 24.5 Å². The summed E-state index contributed by atoms with van der Waals surface area (Å²) in [6, 6.07) is 9.46. The van der Waals surface area contributed by atoms with E-state index in [2.05, 4.69) is 41.4 Å². The minimum Gasteiger partial charge on any atom is -0.381 e. The van der Waals surface area contributed by atoms with Crippen molar-refractivity contribution in [3.63, 3.8) is 0 Å². The second kappa shape index (κ2) is 6.70. The molecule has 20 heavy (non-hydrogen) atoms. The van der Waals surface area contributed by atoms with Gasteiger partial charge in [-0.05, 0) is 30.5 Å². The maximum atomic E-state index is 5.71. The van der Waals surface area contributed by atoms with E-state index in [9.17, 15) is 0 Å². The van der Waals surface area contributed by atoms with Crippen molar-refractivity contribution in [3.05, 3.63) is 35.4 Å². The Hall–Kier alpha value is -0.900. The van der Waals surface area contributed by atoms with Gasteiger partial charge < -0.3 is 10.1 Å². The Balaban J connectivity index is 1.57. The van der Waals surface area contributed by atoms with Crippen LogP contribution in [0.5, 0.6) is 0 Å². The lowest BCUT2D eigenvalue weighted by Gasteiger charge is -2.34. The van der Waals surface area contributed by atoms with Crippen molar-refractivity contribution in [3.8, 4) is 0 Å². The highest BCUT2D eigenvalue weighted by molar-refractivity contribution is 5.30. The summed E-state index contributed by atoms with van der Waals surface area (Å²) in [6.45, 7) is 8.54. The third-order valence-electron chi connectivity index (χ3n) is 4.53. The van der Waals surface area contributed by atoms with Gasteiger partial charge in [-0.15, -0.1) is 0 Å². The quantitative estimate of drug-likeness (QED) is 0.892. The molecule has 0 spiro atoms. The predicted molar refractivity (Wildman–Crippen MR) is 81.6 cm³/mol. The fourth-order valence-corrected chi connectivity index (χ4v) is 3.44. The molecule has 110 valence electrons. The monoisotopic (exact) mass is 274 g/mol. The average molecular weight is 274 g/mol. The molecule has 3 rings (SSSR count). The standard InChI is InChI=1S/C17H26N2O/c1-2-8-18-17-7-9-20-13-16(17)12-19-10-14-5-3-4-6-15(14)11-19/h3-6,16-18H,2,7-13H2,1H3. The van der Waals surface area contributed by atoms with E-state index < -0.39 is 0 Å². The van der Waals surface area contributed by atoms with Gasteiger partial charge in [0.2, 0.25) is 0 Å². The Morgan fingerprint density at radius 3 is 2.70 bits per heavy atom. The molecular formula is C17H26N2O. The van der Waals surface area contributed by atoms with Crippen LogP contribution >= 0.6 is 0 Å². The highest BCUT2D eigenvalue weighted by atomic mass is 16.5. The molecule has 1 aromatic rings. The van der Waals surface area contributed by atoms with Crippen LogP contribution in [-0.4, -0.2) is 37.2 Å². The number of benzene rings is 1. The lowest BCUT2D eigenvalue weighted by atomic mass is 9.95. The second-order valence-electron chi connectivity index (χ2n) is 6.12. The van der Waals surface area contributed by atoms with Crippen LogP contribution in [0.15, 0.2) is 24.3 Å². The molecule has 0 bridgehead atoms. The SMILES string of the molecule is CCCNC1CCOCC1CN1Cc2ccccc2C1. The van der Waals surface area contributed by atoms with Crippen molar-refractivity contribution in [1.82, 2.24) is 10.2 Å². The number of fused-ring (bicyclic) bond motifs is 1. The smallest absolute Gasteiger partial charge is 0.0521 e. The summed E-state index contributed by atoms with van der Waals surface area (Å²) in [5.41, 5.74) is 3.00. The highest BCUT2D eigenvalue weighted by Gasteiger charge is 2.29. The molecule has 1 saturated heterocycles. The first-order valence-corrected chi connectivity index (χ1v) is 7.97. The Morgan fingerprint density at radius 1 is 1.25 bits per heavy atom. The fourth-order valence-electron chi connectivity index (χ4n) is 3.44. The molecule has 0 aromatic heterocycles. The van der Waals surface area contributed by atoms with Gasteiger partial charge in [-0.3, -0.25) is 4.90 Å². The highest BCUT2D eigenvalue weighted by Crippen LogP contribution is 2.25. The molecule has 0 saturated carbocycles. The zero-order chi connectivity index (χ0) is 13.8. The second-order valence-corrected chi connectivity index (χ2v) is 6.12. The zero-order valence-corrected chi connectivity index (χ0v) is 12.5. The molecule has 2 unspecified atom stereocenters. The molecule has 2 atom stereocenters. The van der Waals surface area contributed by atoms with Gasteiger partial charge in [0.25, 0.3) is 0 Å². The molecule has 0 amide bonds. The summed E-state index contributed by atoms with van der Waals surface area (Å²) in [5, 5.41) is 3.71. The third kappa shape index (κ3) is 3.22. The summed E-state index contributed by atoms with van der Waals surface area (Å²) < 4.78 is 5.71. The van der Waals surface area contributed by atoms with E-state index in [-0.39, 0.29) is 0 Å². The van der Waals surface area contributed by atoms with Crippen molar-refractivity contribution >= 4 is 0 Å². The van der Waals surface area contributed by atoms with E-state index in [1.165, 1.54) is 17.5 Å². The number of rotatable bonds is 5. The van der Waals surface area contributed by atoms with Crippen LogP contribution in [-0.2, 0) is 17.8 Å². The Morgan fingerprint density at radius 2 is 2.00 bits per heavy atom. The molecule has 2 aliphatic rings. The third-order valence-corrected chi connectivity index (χ3v) is 4.53. The number of hydrogen-bond donors (Lipinski definition) is 1. The minimum atomic E-state index is 0.629. The van der Waals surface area contributed by atoms with Crippen molar-refractivity contribution in [2.75, 3.05) is 26.3 Å². The summed E-state index contributed by atoms with van der Waals surface area (Å²) in [4.78, 5) is 2.57. The van der Waals surface area contributed by atoms with Crippen molar-refractivity contribution in [1.29, 1.82) is 0 Å². The lowest BCUT2D eigenvalue weighted by molar-refractivity contribution is 0.0160. The van der Waals surface area contributed by atoms with Gasteiger partial charge in [-0.25, -0.2) is 0 Å². The van der Waals surface area contributed by atoms with Crippen molar-refractivity contribution in [2.45, 2.75) is 38.9 Å². The van der Waals surface area contributed by atoms with E-state index in [4.69, 9.17) is 4.74 Å². The number of hydrogen-bond acceptors (Lipinski definition) is 3. The molecule has 1 fully saturated rings. The van der Waals surface area contributed by atoms with E-state index in [1.54, 1.807) is 0 Å². The van der Waals surface area contributed by atoms with Crippen LogP contribution in [0.3, 0.4) is 0 Å². The Bertz CT molecular complexity index is 410. The summed E-state index contributed by atoms with van der Waals surface area (Å²) in [6.07, 6.45) is 2.37. The van der Waals surface area contributed by atoms with E-state index in [0.717, 1.165) is 45.8 Å². The largest absolute Gasteiger partial charge is 0.381 e. The van der Waals surface area contributed by atoms with E-state index in [1.807, 2.05) is 0 Å². The number of ether oxygens (including phenoxy) is 1. The minimum absolute atomic E-state index is 0.629. The van der Waals surface area contributed by atoms with Gasteiger partial charge in [0, 0.05) is 38.2 Å². The molecule has 3 nitrogen and oxygen atoms in total. The maximum Gasteiger partial charge on any atom is 0.0521 e. The fraction of sp³-hybridized carbons (Fsp3) is 0.647. The number of nitrogens with one attached hydrogen (secondary N) is 1. The van der Waals surface area contributed by atoms with Gasteiger partial charge in [0.05, 0.1) is 6.61 Å². The van der Waals surface area contributed by atoms with Crippen LogP contribution in [0.1, 0.15) is 30.9 Å². The molecule has 2 heterocycles. The predicted octanol–water partition coefficient (Wildman–Crippen LogP) is 2.41. The summed E-state index contributed by atoms with van der Waals surface area (Å²) in [7, 11) is 0. The van der Waals surface area contributed by atoms with Crippen molar-refractivity contribution < 1.29 is 4.74 Å². The molecular weight excluding hydrogens is 248 g/mol. The molecule has 1 aromatic carbocycles. The lowest BCUT2D eigenvalue weighted by Crippen LogP contribution is -2.47. The summed E-state index contributed by atoms with van der Waals surface area (Å²) >= 11 is 0. The van der Waals surface area contributed by atoms with Crippen molar-refractivity contribution in [2.24, 2.45) is 5.92 Å². The van der Waals surface area contributed by atoms with E-state index >= 15 is 0 Å². The van der Waals surface area contributed by atoms with E-state index in [0.29, 0.717) is 12.0 Å². The first-order valence-electron chi connectivity index (χ1n) is 7.97. The first kappa shape index (κ1) is 14.1. The molecule has 0 radical (unpaired) electrons. The van der Waals surface area contributed by atoms with Crippen LogP contribution in [0.25, 0.3) is 0 Å². The van der Waals surface area contributed by atoms with Crippen LogP contribution in [0.4, 0.5) is 0 Å². The van der Waals surface area contributed by atoms with Crippen LogP contribution in [0.2, 0.25) is 0 Å². The Kier molecular flexibility index (Phi) is 4.71. The van der Waals surface area contributed by atoms with Gasteiger partial charge in [-0.2, -0.15) is 0 Å².